The molecule has 3 N–H and O–H groups in total. The first-order chi connectivity index (χ1) is 10.0. The van der Waals surface area contributed by atoms with Gasteiger partial charge in [-0.1, -0.05) is 0 Å². The minimum Gasteiger partial charge on any atom is -0.396 e. The van der Waals surface area contributed by atoms with Crippen molar-refractivity contribution in [3.05, 3.63) is 11.9 Å². The fraction of sp³-hybridized carbons (Fsp3) is 0.615. The SMILES string of the molecule is CCn1ncc(N)c1C(=O)N(C)CC(=O)NCCCOC. The predicted molar refractivity (Wildman–Crippen MR) is 78.8 cm³/mol. The zero-order valence-electron chi connectivity index (χ0n) is 12.8. The molecule has 0 atom stereocenters. The van der Waals surface area contributed by atoms with Gasteiger partial charge < -0.3 is 20.7 Å². The normalized spacial score (nSPS) is 10.4. The lowest BCUT2D eigenvalue weighted by Gasteiger charge is -2.17. The van der Waals surface area contributed by atoms with Gasteiger partial charge in [-0.25, -0.2) is 0 Å². The molecule has 0 spiro atoms. The van der Waals surface area contributed by atoms with E-state index in [1.807, 2.05) is 6.92 Å². The Morgan fingerprint density at radius 1 is 1.52 bits per heavy atom. The highest BCUT2D eigenvalue weighted by Gasteiger charge is 2.21. The van der Waals surface area contributed by atoms with Gasteiger partial charge in [0, 0.05) is 33.9 Å². The summed E-state index contributed by atoms with van der Waals surface area (Å²) in [5, 5.41) is 6.74. The van der Waals surface area contributed by atoms with Crippen LogP contribution < -0.4 is 11.1 Å². The van der Waals surface area contributed by atoms with Gasteiger partial charge in [0.2, 0.25) is 5.91 Å². The molecule has 8 heteroatoms. The number of nitrogens with one attached hydrogen (secondary N) is 1. The first-order valence-electron chi connectivity index (χ1n) is 6.83. The average Bonchev–Trinajstić information content (AvgIpc) is 2.83. The lowest BCUT2D eigenvalue weighted by atomic mass is 10.3. The number of likely N-dealkylation sites (N-methyl/N-ethyl adjacent to an activating group) is 1. The summed E-state index contributed by atoms with van der Waals surface area (Å²) in [4.78, 5) is 25.4. The molecule has 0 aromatic carbocycles. The average molecular weight is 297 g/mol. The van der Waals surface area contributed by atoms with Crippen molar-refractivity contribution in [3.63, 3.8) is 0 Å². The molecule has 0 aliphatic heterocycles. The van der Waals surface area contributed by atoms with Crippen molar-refractivity contribution in [2.75, 3.05) is 39.6 Å². The lowest BCUT2D eigenvalue weighted by Crippen LogP contribution is -2.39. The topological polar surface area (TPSA) is 102 Å². The smallest absolute Gasteiger partial charge is 0.274 e. The molecule has 0 saturated carbocycles. The molecule has 1 rings (SSSR count). The number of rotatable bonds is 8. The van der Waals surface area contributed by atoms with Crippen molar-refractivity contribution >= 4 is 17.5 Å². The van der Waals surface area contributed by atoms with Crippen LogP contribution in [-0.2, 0) is 16.1 Å². The maximum atomic E-state index is 12.3. The van der Waals surface area contributed by atoms with Gasteiger partial charge in [0.05, 0.1) is 18.4 Å². The molecule has 0 unspecified atom stereocenters. The summed E-state index contributed by atoms with van der Waals surface area (Å²) in [6.07, 6.45) is 2.17. The quantitative estimate of drug-likeness (QED) is 0.642. The minimum absolute atomic E-state index is 0.0276. The van der Waals surface area contributed by atoms with Crippen LogP contribution in [0.1, 0.15) is 23.8 Å². The number of nitrogen functional groups attached to an aromatic ring is 1. The van der Waals surface area contributed by atoms with Gasteiger partial charge in [-0.2, -0.15) is 5.10 Å². The maximum absolute atomic E-state index is 12.3. The Bertz CT molecular complexity index is 486. The Labute approximate surface area is 124 Å². The summed E-state index contributed by atoms with van der Waals surface area (Å²) >= 11 is 0. The number of hydrogen-bond donors (Lipinski definition) is 2. The van der Waals surface area contributed by atoms with E-state index >= 15 is 0 Å². The van der Waals surface area contributed by atoms with Gasteiger partial charge in [0.1, 0.15) is 5.69 Å². The van der Waals surface area contributed by atoms with E-state index in [1.54, 1.807) is 14.2 Å². The van der Waals surface area contributed by atoms with E-state index in [0.29, 0.717) is 31.1 Å². The summed E-state index contributed by atoms with van der Waals surface area (Å²) < 4.78 is 6.41. The predicted octanol–water partition coefficient (Wildman–Crippen LogP) is -0.290. The molecule has 0 aliphatic rings. The monoisotopic (exact) mass is 297 g/mol. The van der Waals surface area contributed by atoms with Gasteiger partial charge in [0.15, 0.2) is 0 Å². The highest BCUT2D eigenvalue weighted by atomic mass is 16.5. The van der Waals surface area contributed by atoms with Gasteiger partial charge in [-0.05, 0) is 13.3 Å². The number of hydrogen-bond acceptors (Lipinski definition) is 5. The number of ether oxygens (including phenoxy) is 1. The summed E-state index contributed by atoms with van der Waals surface area (Å²) in [6.45, 7) is 3.48. The number of anilines is 1. The molecule has 21 heavy (non-hydrogen) atoms. The second-order valence-corrected chi connectivity index (χ2v) is 4.62. The number of nitrogens with zero attached hydrogens (tertiary/aromatic N) is 3. The maximum Gasteiger partial charge on any atom is 0.274 e. The highest BCUT2D eigenvalue weighted by molar-refractivity contribution is 5.98. The van der Waals surface area contributed by atoms with Crippen LogP contribution in [0.3, 0.4) is 0 Å². The van der Waals surface area contributed by atoms with Crippen LogP contribution in [0.4, 0.5) is 5.69 Å². The Morgan fingerprint density at radius 2 is 2.24 bits per heavy atom. The molecule has 1 heterocycles. The molecular formula is C13H23N5O3. The molecule has 8 nitrogen and oxygen atoms in total. The molecule has 0 saturated heterocycles. The van der Waals surface area contributed by atoms with E-state index in [0.717, 1.165) is 6.42 Å². The Morgan fingerprint density at radius 3 is 2.86 bits per heavy atom. The van der Waals surface area contributed by atoms with Crippen molar-refractivity contribution in [2.45, 2.75) is 19.9 Å². The van der Waals surface area contributed by atoms with Crippen molar-refractivity contribution in [2.24, 2.45) is 0 Å². The largest absolute Gasteiger partial charge is 0.396 e. The molecule has 2 amide bonds. The highest BCUT2D eigenvalue weighted by Crippen LogP contribution is 2.12. The molecule has 0 bridgehead atoms. The standard InChI is InChI=1S/C13H23N5O3/c1-4-18-12(10(14)8-16-18)13(20)17(2)9-11(19)15-6-5-7-21-3/h8H,4-7,9,14H2,1-3H3,(H,15,19). The third-order valence-corrected chi connectivity index (χ3v) is 2.94. The summed E-state index contributed by atoms with van der Waals surface area (Å²) in [5.41, 5.74) is 6.38. The van der Waals surface area contributed by atoms with Crippen LogP contribution >= 0.6 is 0 Å². The number of aromatic nitrogens is 2. The van der Waals surface area contributed by atoms with Gasteiger partial charge >= 0.3 is 0 Å². The van der Waals surface area contributed by atoms with E-state index in [9.17, 15) is 9.59 Å². The van der Waals surface area contributed by atoms with Crippen molar-refractivity contribution in [1.29, 1.82) is 0 Å². The third-order valence-electron chi connectivity index (χ3n) is 2.94. The molecule has 0 radical (unpaired) electrons. The summed E-state index contributed by atoms with van der Waals surface area (Å²) in [5.74, 6) is -0.540. The number of carbonyl (C=O) groups excluding carboxylic acids is 2. The van der Waals surface area contributed by atoms with Crippen LogP contribution in [-0.4, -0.2) is 60.3 Å². The fourth-order valence-electron chi connectivity index (χ4n) is 1.84. The van der Waals surface area contributed by atoms with Crippen molar-refractivity contribution < 1.29 is 14.3 Å². The van der Waals surface area contributed by atoms with Crippen LogP contribution in [0.25, 0.3) is 0 Å². The molecule has 118 valence electrons. The van der Waals surface area contributed by atoms with Crippen LogP contribution in [0.5, 0.6) is 0 Å². The van der Waals surface area contributed by atoms with E-state index in [2.05, 4.69) is 10.4 Å². The summed E-state index contributed by atoms with van der Waals surface area (Å²) in [6, 6.07) is 0. The van der Waals surface area contributed by atoms with Gasteiger partial charge in [0.25, 0.3) is 5.91 Å². The molecule has 0 fully saturated rings. The molecule has 1 aromatic rings. The second-order valence-electron chi connectivity index (χ2n) is 4.62. The van der Waals surface area contributed by atoms with E-state index < -0.39 is 0 Å². The lowest BCUT2D eigenvalue weighted by molar-refractivity contribution is -0.121. The Hall–Kier alpha value is -2.09. The van der Waals surface area contributed by atoms with E-state index in [-0.39, 0.29) is 18.4 Å². The third kappa shape index (κ3) is 4.75. The second kappa shape index (κ2) is 8.25. The van der Waals surface area contributed by atoms with Crippen LogP contribution in [0, 0.1) is 0 Å². The number of amides is 2. The number of aryl methyl sites for hydroxylation is 1. The molecular weight excluding hydrogens is 274 g/mol. The Balaban J connectivity index is 2.54. The minimum atomic E-state index is -0.320. The van der Waals surface area contributed by atoms with Gasteiger partial charge in [-0.15, -0.1) is 0 Å². The van der Waals surface area contributed by atoms with Crippen molar-refractivity contribution in [1.82, 2.24) is 20.0 Å². The molecule has 0 aliphatic carbocycles. The Kier molecular flexibility index (Phi) is 6.67. The van der Waals surface area contributed by atoms with Crippen LogP contribution in [0.2, 0.25) is 0 Å². The van der Waals surface area contributed by atoms with Crippen molar-refractivity contribution in [3.8, 4) is 0 Å². The zero-order chi connectivity index (χ0) is 15.8. The first-order valence-corrected chi connectivity index (χ1v) is 6.83. The number of carbonyl (C=O) groups is 2. The number of nitrogens with two attached hydrogens (primary N) is 1. The molecule has 1 aromatic heterocycles. The first kappa shape index (κ1) is 17.0. The fourth-order valence-corrected chi connectivity index (χ4v) is 1.84. The summed E-state index contributed by atoms with van der Waals surface area (Å²) in [7, 11) is 3.17. The van der Waals surface area contributed by atoms with Crippen LogP contribution in [0.15, 0.2) is 6.20 Å². The zero-order valence-corrected chi connectivity index (χ0v) is 12.8. The van der Waals surface area contributed by atoms with Gasteiger partial charge in [-0.3, -0.25) is 14.3 Å². The number of methoxy groups -OCH3 is 1. The van der Waals surface area contributed by atoms with E-state index in [4.69, 9.17) is 10.5 Å². The van der Waals surface area contributed by atoms with E-state index in [1.165, 1.54) is 15.8 Å².